The van der Waals surface area contributed by atoms with Gasteiger partial charge in [-0.2, -0.15) is 0 Å². The molecule has 1 saturated heterocycles. The average molecular weight is 300 g/mol. The molecule has 3 atom stereocenters. The molecule has 6 nitrogen and oxygen atoms in total. The molecule has 1 aliphatic rings. The van der Waals surface area contributed by atoms with Crippen molar-refractivity contribution in [2.45, 2.75) is 71.8 Å². The fourth-order valence-electron chi connectivity index (χ4n) is 2.37. The number of alkyl carbamates (subject to hydrolysis) is 1. The standard InChI is InChI=1S/C15H28N2O4/c1-7-12(16-14(19)21-15(4,5)6)13(18)17-8-10(2)20-11(3)9-17/h10-12H,7-9H2,1-6H3,(H,16,19)/t10-,11+,12-/m0/s1. The highest BCUT2D eigenvalue weighted by atomic mass is 16.6. The van der Waals surface area contributed by atoms with Gasteiger partial charge in [0, 0.05) is 13.1 Å². The average Bonchev–Trinajstić information content (AvgIpc) is 2.31. The Morgan fingerprint density at radius 3 is 2.24 bits per heavy atom. The van der Waals surface area contributed by atoms with Crippen molar-refractivity contribution in [2.75, 3.05) is 13.1 Å². The number of hydrogen-bond donors (Lipinski definition) is 1. The highest BCUT2D eigenvalue weighted by molar-refractivity contribution is 5.85. The molecule has 0 bridgehead atoms. The lowest BCUT2D eigenvalue weighted by Gasteiger charge is -2.37. The van der Waals surface area contributed by atoms with Gasteiger partial charge < -0.3 is 19.7 Å². The van der Waals surface area contributed by atoms with Crippen molar-refractivity contribution in [3.05, 3.63) is 0 Å². The summed E-state index contributed by atoms with van der Waals surface area (Å²) >= 11 is 0. The minimum Gasteiger partial charge on any atom is -0.444 e. The van der Waals surface area contributed by atoms with Crippen molar-refractivity contribution in [2.24, 2.45) is 0 Å². The van der Waals surface area contributed by atoms with Crippen molar-refractivity contribution >= 4 is 12.0 Å². The molecule has 0 radical (unpaired) electrons. The van der Waals surface area contributed by atoms with E-state index in [1.54, 1.807) is 25.7 Å². The van der Waals surface area contributed by atoms with Crippen LogP contribution in [0.1, 0.15) is 48.0 Å². The van der Waals surface area contributed by atoms with E-state index in [2.05, 4.69) is 5.32 Å². The van der Waals surface area contributed by atoms with Crippen LogP contribution in [-0.2, 0) is 14.3 Å². The Bertz CT molecular complexity index is 368. The van der Waals surface area contributed by atoms with Gasteiger partial charge in [-0.3, -0.25) is 4.79 Å². The zero-order chi connectivity index (χ0) is 16.2. The Labute approximate surface area is 127 Å². The summed E-state index contributed by atoms with van der Waals surface area (Å²) in [6.07, 6.45) is -0.0106. The van der Waals surface area contributed by atoms with Crippen LogP contribution >= 0.6 is 0 Å². The molecule has 0 saturated carbocycles. The molecule has 0 aromatic heterocycles. The molecule has 0 aromatic carbocycles. The highest BCUT2D eigenvalue weighted by Crippen LogP contribution is 2.13. The number of ether oxygens (including phenoxy) is 2. The number of nitrogens with zero attached hydrogens (tertiary/aromatic N) is 1. The second kappa shape index (κ2) is 7.11. The van der Waals surface area contributed by atoms with Crippen molar-refractivity contribution in [1.29, 1.82) is 0 Å². The van der Waals surface area contributed by atoms with Gasteiger partial charge >= 0.3 is 6.09 Å². The van der Waals surface area contributed by atoms with E-state index in [0.29, 0.717) is 19.5 Å². The Kier molecular flexibility index (Phi) is 6.01. The summed E-state index contributed by atoms with van der Waals surface area (Å²) in [7, 11) is 0. The normalized spacial score (nSPS) is 24.4. The Morgan fingerprint density at radius 1 is 1.29 bits per heavy atom. The lowest BCUT2D eigenvalue weighted by Crippen LogP contribution is -2.55. The highest BCUT2D eigenvalue weighted by Gasteiger charge is 2.31. The van der Waals surface area contributed by atoms with E-state index in [0.717, 1.165) is 0 Å². The number of carbonyl (C=O) groups excluding carboxylic acids is 2. The van der Waals surface area contributed by atoms with Gasteiger partial charge in [0.25, 0.3) is 0 Å². The summed E-state index contributed by atoms with van der Waals surface area (Å²) in [6.45, 7) is 12.2. The molecule has 0 unspecified atom stereocenters. The molecule has 1 N–H and O–H groups in total. The molecular formula is C15H28N2O4. The molecule has 0 spiro atoms. The first-order valence-electron chi connectivity index (χ1n) is 7.56. The molecule has 6 heteroatoms. The van der Waals surface area contributed by atoms with Crippen molar-refractivity contribution < 1.29 is 19.1 Å². The van der Waals surface area contributed by atoms with Gasteiger partial charge in [0.2, 0.25) is 5.91 Å². The lowest BCUT2D eigenvalue weighted by atomic mass is 10.1. The minimum atomic E-state index is -0.576. The van der Waals surface area contributed by atoms with Crippen molar-refractivity contribution in [1.82, 2.24) is 10.2 Å². The molecule has 1 rings (SSSR count). The molecule has 1 heterocycles. The predicted molar refractivity (Wildman–Crippen MR) is 80.0 cm³/mol. The SMILES string of the molecule is CC[C@H](NC(=O)OC(C)(C)C)C(=O)N1C[C@@H](C)O[C@@H](C)C1. The molecule has 0 aliphatic carbocycles. The molecule has 0 aromatic rings. The van der Waals surface area contributed by atoms with Crippen LogP contribution in [0, 0.1) is 0 Å². The van der Waals surface area contributed by atoms with Gasteiger partial charge in [-0.1, -0.05) is 6.92 Å². The van der Waals surface area contributed by atoms with Crippen LogP contribution in [0.15, 0.2) is 0 Å². The maximum absolute atomic E-state index is 12.5. The zero-order valence-corrected chi connectivity index (χ0v) is 13.9. The van der Waals surface area contributed by atoms with Crippen LogP contribution in [0.2, 0.25) is 0 Å². The Hall–Kier alpha value is -1.30. The minimum absolute atomic E-state index is 0.0109. The third-order valence-electron chi connectivity index (χ3n) is 3.13. The first kappa shape index (κ1) is 17.8. The van der Waals surface area contributed by atoms with E-state index in [-0.39, 0.29) is 18.1 Å². The van der Waals surface area contributed by atoms with E-state index in [9.17, 15) is 9.59 Å². The van der Waals surface area contributed by atoms with E-state index in [1.165, 1.54) is 0 Å². The smallest absolute Gasteiger partial charge is 0.408 e. The summed E-state index contributed by atoms with van der Waals surface area (Å²) in [5, 5.41) is 2.66. The zero-order valence-electron chi connectivity index (χ0n) is 13.9. The summed E-state index contributed by atoms with van der Waals surface area (Å²) in [6, 6.07) is -0.558. The van der Waals surface area contributed by atoms with Gasteiger partial charge in [-0.25, -0.2) is 4.79 Å². The summed E-state index contributed by atoms with van der Waals surface area (Å²) in [5.41, 5.74) is -0.576. The second-order valence-corrected chi connectivity index (χ2v) is 6.61. The largest absolute Gasteiger partial charge is 0.444 e. The third kappa shape index (κ3) is 5.91. The topological polar surface area (TPSA) is 67.9 Å². The molecule has 1 aliphatic heterocycles. The number of nitrogens with one attached hydrogen (secondary N) is 1. The number of amides is 2. The van der Waals surface area contributed by atoms with Crippen molar-refractivity contribution in [3.63, 3.8) is 0 Å². The number of rotatable bonds is 3. The molecule has 21 heavy (non-hydrogen) atoms. The Balaban J connectivity index is 2.62. The summed E-state index contributed by atoms with van der Waals surface area (Å²) in [5.74, 6) is -0.0784. The summed E-state index contributed by atoms with van der Waals surface area (Å²) < 4.78 is 10.8. The van der Waals surface area contributed by atoms with Crippen molar-refractivity contribution in [3.8, 4) is 0 Å². The van der Waals surface area contributed by atoms with E-state index in [1.807, 2.05) is 20.8 Å². The fourth-order valence-corrected chi connectivity index (χ4v) is 2.37. The van der Waals surface area contributed by atoms with Crippen LogP contribution < -0.4 is 5.32 Å². The quantitative estimate of drug-likeness (QED) is 0.864. The monoisotopic (exact) mass is 300 g/mol. The third-order valence-corrected chi connectivity index (χ3v) is 3.13. The van der Waals surface area contributed by atoms with E-state index >= 15 is 0 Å². The van der Waals surface area contributed by atoms with Gasteiger partial charge in [0.1, 0.15) is 11.6 Å². The maximum Gasteiger partial charge on any atom is 0.408 e. The van der Waals surface area contributed by atoms with Crippen LogP contribution in [0.5, 0.6) is 0 Å². The molecule has 122 valence electrons. The fraction of sp³-hybridized carbons (Fsp3) is 0.867. The number of carbonyl (C=O) groups is 2. The molecule has 1 fully saturated rings. The van der Waals surface area contributed by atoms with Crippen LogP contribution in [0.4, 0.5) is 4.79 Å². The molecule has 2 amide bonds. The van der Waals surface area contributed by atoms with Gasteiger partial charge in [-0.15, -0.1) is 0 Å². The summed E-state index contributed by atoms with van der Waals surface area (Å²) in [4.78, 5) is 26.1. The van der Waals surface area contributed by atoms with Crippen LogP contribution in [-0.4, -0.2) is 53.8 Å². The number of morpholine rings is 1. The van der Waals surface area contributed by atoms with Crippen LogP contribution in [0.25, 0.3) is 0 Å². The lowest BCUT2D eigenvalue weighted by molar-refractivity contribution is -0.145. The van der Waals surface area contributed by atoms with E-state index < -0.39 is 17.7 Å². The predicted octanol–water partition coefficient (Wildman–Crippen LogP) is 1.93. The van der Waals surface area contributed by atoms with Crippen LogP contribution in [0.3, 0.4) is 0 Å². The maximum atomic E-state index is 12.5. The van der Waals surface area contributed by atoms with E-state index in [4.69, 9.17) is 9.47 Å². The van der Waals surface area contributed by atoms with Gasteiger partial charge in [0.15, 0.2) is 0 Å². The Morgan fingerprint density at radius 2 is 1.81 bits per heavy atom. The van der Waals surface area contributed by atoms with Gasteiger partial charge in [-0.05, 0) is 41.0 Å². The first-order valence-corrected chi connectivity index (χ1v) is 7.56. The first-order chi connectivity index (χ1) is 9.62. The van der Waals surface area contributed by atoms with Gasteiger partial charge in [0.05, 0.1) is 12.2 Å². The second-order valence-electron chi connectivity index (χ2n) is 6.61. The number of hydrogen-bond acceptors (Lipinski definition) is 4. The molecular weight excluding hydrogens is 272 g/mol.